The molecule has 1 aliphatic rings. The first kappa shape index (κ1) is 15.5. The molecule has 120 valence electrons. The van der Waals surface area contributed by atoms with Crippen LogP contribution in [0.4, 0.5) is 5.69 Å². The largest absolute Gasteiger partial charge is 0.462 e. The Morgan fingerprint density at radius 1 is 1.35 bits per heavy atom. The minimum atomic E-state index is -0.669. The molecule has 1 aromatic carbocycles. The number of aliphatic hydroxyl groups is 1. The zero-order valence-electron chi connectivity index (χ0n) is 12.8. The molecule has 0 spiro atoms. The molecule has 0 amide bonds. The lowest BCUT2D eigenvalue weighted by Crippen LogP contribution is -2.36. The predicted molar refractivity (Wildman–Crippen MR) is 85.8 cm³/mol. The van der Waals surface area contributed by atoms with Gasteiger partial charge in [0.25, 0.3) is 5.69 Å². The van der Waals surface area contributed by atoms with Crippen molar-refractivity contribution in [3.8, 4) is 0 Å². The van der Waals surface area contributed by atoms with Gasteiger partial charge < -0.3 is 9.52 Å². The summed E-state index contributed by atoms with van der Waals surface area (Å²) in [6, 6.07) is 10.4. The minimum absolute atomic E-state index is 0.110. The fourth-order valence-electron chi connectivity index (χ4n) is 2.83. The third kappa shape index (κ3) is 3.33. The van der Waals surface area contributed by atoms with E-state index in [1.165, 1.54) is 6.07 Å². The predicted octanol–water partition coefficient (Wildman–Crippen LogP) is 2.76. The number of aryl methyl sites for hydroxylation is 1. The average Bonchev–Trinajstić information content (AvgIpc) is 2.94. The summed E-state index contributed by atoms with van der Waals surface area (Å²) in [5.41, 5.74) is 1.53. The van der Waals surface area contributed by atoms with Gasteiger partial charge >= 0.3 is 0 Å². The van der Waals surface area contributed by atoms with Crippen LogP contribution in [-0.2, 0) is 6.54 Å². The Bertz CT molecular complexity index is 751. The van der Waals surface area contributed by atoms with Crippen LogP contribution >= 0.6 is 0 Å². The maximum Gasteiger partial charge on any atom is 0.273 e. The SMILES string of the molecule is Cc1ccc(C2=CCN(Cc3ccccc3[N+](=O)[O-])C[C@@H]2O)o1. The van der Waals surface area contributed by atoms with Gasteiger partial charge in [-0.25, -0.2) is 0 Å². The Kier molecular flexibility index (Phi) is 4.27. The van der Waals surface area contributed by atoms with Gasteiger partial charge in [-0.05, 0) is 19.1 Å². The van der Waals surface area contributed by atoms with Gasteiger partial charge in [-0.3, -0.25) is 15.0 Å². The summed E-state index contributed by atoms with van der Waals surface area (Å²) in [5, 5.41) is 21.4. The molecule has 1 aliphatic heterocycles. The van der Waals surface area contributed by atoms with E-state index in [0.29, 0.717) is 31.0 Å². The number of hydrogen-bond acceptors (Lipinski definition) is 5. The molecule has 6 heteroatoms. The molecule has 0 fully saturated rings. The Morgan fingerprint density at radius 3 is 2.78 bits per heavy atom. The molecule has 0 bridgehead atoms. The number of para-hydroxylation sites is 1. The summed E-state index contributed by atoms with van der Waals surface area (Å²) in [7, 11) is 0. The second-order valence-electron chi connectivity index (χ2n) is 5.67. The van der Waals surface area contributed by atoms with Gasteiger partial charge in [-0.15, -0.1) is 0 Å². The fourth-order valence-corrected chi connectivity index (χ4v) is 2.83. The monoisotopic (exact) mass is 314 g/mol. The summed E-state index contributed by atoms with van der Waals surface area (Å²) >= 11 is 0. The molecule has 1 N–H and O–H groups in total. The smallest absolute Gasteiger partial charge is 0.273 e. The first-order chi connectivity index (χ1) is 11.0. The van der Waals surface area contributed by atoms with E-state index in [9.17, 15) is 15.2 Å². The fraction of sp³-hybridized carbons (Fsp3) is 0.294. The number of nitro groups is 1. The number of nitrogens with zero attached hydrogens (tertiary/aromatic N) is 2. The molecule has 0 unspecified atom stereocenters. The van der Waals surface area contributed by atoms with Crippen LogP contribution in [0.25, 0.3) is 5.57 Å². The molecule has 2 heterocycles. The molecule has 0 saturated carbocycles. The highest BCUT2D eigenvalue weighted by Gasteiger charge is 2.25. The summed E-state index contributed by atoms with van der Waals surface area (Å²) in [6.07, 6.45) is 1.25. The zero-order chi connectivity index (χ0) is 16.4. The zero-order valence-corrected chi connectivity index (χ0v) is 12.8. The van der Waals surface area contributed by atoms with Gasteiger partial charge in [0.2, 0.25) is 0 Å². The third-order valence-electron chi connectivity index (χ3n) is 3.97. The van der Waals surface area contributed by atoms with E-state index in [0.717, 1.165) is 11.3 Å². The summed E-state index contributed by atoms with van der Waals surface area (Å²) in [4.78, 5) is 12.7. The second-order valence-corrected chi connectivity index (χ2v) is 5.67. The Labute approximate surface area is 133 Å². The molecular formula is C17H18N2O4. The number of β-amino-alcohol motifs (C(OH)–C–C–N with tert-alkyl or cyclic N) is 1. The number of benzene rings is 1. The molecule has 0 aliphatic carbocycles. The van der Waals surface area contributed by atoms with Gasteiger partial charge in [0.1, 0.15) is 11.5 Å². The molecule has 0 saturated heterocycles. The van der Waals surface area contributed by atoms with Crippen molar-refractivity contribution in [2.45, 2.75) is 19.6 Å². The van der Waals surface area contributed by atoms with Crippen molar-refractivity contribution in [2.75, 3.05) is 13.1 Å². The number of furan rings is 1. The van der Waals surface area contributed by atoms with Crippen molar-refractivity contribution in [2.24, 2.45) is 0 Å². The van der Waals surface area contributed by atoms with Gasteiger partial charge in [0.05, 0.1) is 11.0 Å². The highest BCUT2D eigenvalue weighted by molar-refractivity contribution is 5.66. The Morgan fingerprint density at radius 2 is 2.13 bits per heavy atom. The number of rotatable bonds is 4. The molecule has 6 nitrogen and oxygen atoms in total. The third-order valence-corrected chi connectivity index (χ3v) is 3.97. The molecule has 0 radical (unpaired) electrons. The van der Waals surface area contributed by atoms with Crippen molar-refractivity contribution in [1.82, 2.24) is 4.90 Å². The quantitative estimate of drug-likeness (QED) is 0.693. The molecule has 1 aromatic heterocycles. The van der Waals surface area contributed by atoms with Crippen molar-refractivity contribution < 1.29 is 14.4 Å². The van der Waals surface area contributed by atoms with Crippen LogP contribution in [0.1, 0.15) is 17.1 Å². The topological polar surface area (TPSA) is 79.8 Å². The van der Waals surface area contributed by atoms with Crippen LogP contribution in [0.15, 0.2) is 46.9 Å². The van der Waals surface area contributed by atoms with E-state index in [1.54, 1.807) is 18.2 Å². The molecule has 23 heavy (non-hydrogen) atoms. The second kappa shape index (κ2) is 6.36. The van der Waals surface area contributed by atoms with Crippen LogP contribution in [0, 0.1) is 17.0 Å². The van der Waals surface area contributed by atoms with E-state index in [4.69, 9.17) is 4.42 Å². The summed E-state index contributed by atoms with van der Waals surface area (Å²) in [6.45, 7) is 3.31. The minimum Gasteiger partial charge on any atom is -0.462 e. The van der Waals surface area contributed by atoms with E-state index < -0.39 is 6.10 Å². The van der Waals surface area contributed by atoms with Gasteiger partial charge in [-0.1, -0.05) is 24.3 Å². The lowest BCUT2D eigenvalue weighted by molar-refractivity contribution is -0.385. The van der Waals surface area contributed by atoms with Gasteiger partial charge in [0, 0.05) is 36.8 Å². The standard InChI is InChI=1S/C17H18N2O4/c1-12-6-7-17(23-12)14-8-9-18(11-16(14)20)10-13-4-2-3-5-15(13)19(21)22/h2-8,16,20H,9-11H2,1H3/t16-/m0/s1. The normalized spacial score (nSPS) is 18.7. The van der Waals surface area contributed by atoms with Crippen LogP contribution in [0.5, 0.6) is 0 Å². The summed E-state index contributed by atoms with van der Waals surface area (Å²) < 4.78 is 5.56. The molecule has 3 rings (SSSR count). The van der Waals surface area contributed by atoms with E-state index in [1.807, 2.05) is 30.0 Å². The van der Waals surface area contributed by atoms with Crippen LogP contribution in [0.2, 0.25) is 0 Å². The van der Waals surface area contributed by atoms with Crippen molar-refractivity contribution in [3.63, 3.8) is 0 Å². The van der Waals surface area contributed by atoms with E-state index >= 15 is 0 Å². The lowest BCUT2D eigenvalue weighted by atomic mass is 10.0. The number of nitro benzene ring substituents is 1. The van der Waals surface area contributed by atoms with Crippen LogP contribution in [0.3, 0.4) is 0 Å². The lowest BCUT2D eigenvalue weighted by Gasteiger charge is -2.29. The number of hydrogen-bond donors (Lipinski definition) is 1. The maximum atomic E-state index is 11.1. The highest BCUT2D eigenvalue weighted by atomic mass is 16.6. The number of aliphatic hydroxyl groups excluding tert-OH is 1. The maximum absolute atomic E-state index is 11.1. The van der Waals surface area contributed by atoms with Crippen LogP contribution in [-0.4, -0.2) is 34.1 Å². The van der Waals surface area contributed by atoms with Crippen molar-refractivity contribution >= 4 is 11.3 Å². The van der Waals surface area contributed by atoms with Crippen molar-refractivity contribution in [3.05, 3.63) is 69.7 Å². The average molecular weight is 314 g/mol. The first-order valence-corrected chi connectivity index (χ1v) is 7.44. The first-order valence-electron chi connectivity index (χ1n) is 7.44. The summed E-state index contributed by atoms with van der Waals surface area (Å²) in [5.74, 6) is 1.48. The molecular weight excluding hydrogens is 296 g/mol. The van der Waals surface area contributed by atoms with Crippen molar-refractivity contribution in [1.29, 1.82) is 0 Å². The molecule has 1 atom stereocenters. The van der Waals surface area contributed by atoms with E-state index in [-0.39, 0.29) is 10.6 Å². The van der Waals surface area contributed by atoms with Gasteiger partial charge in [-0.2, -0.15) is 0 Å². The molecule has 2 aromatic rings. The highest BCUT2D eigenvalue weighted by Crippen LogP contribution is 2.26. The Balaban J connectivity index is 1.75. The van der Waals surface area contributed by atoms with Gasteiger partial charge in [0.15, 0.2) is 0 Å². The Hall–Kier alpha value is -2.44. The van der Waals surface area contributed by atoms with Crippen LogP contribution < -0.4 is 0 Å². The van der Waals surface area contributed by atoms with E-state index in [2.05, 4.69) is 0 Å².